The molecule has 148 valence electrons. The second kappa shape index (κ2) is 10.8. The van der Waals surface area contributed by atoms with E-state index in [1.165, 1.54) is 12.8 Å². The Hall–Kier alpha value is -1.30. The van der Waals surface area contributed by atoms with Crippen LogP contribution in [0, 0.1) is 0 Å². The SMILES string of the molecule is COc1cccc(CNCCCCN2CC(C)OC(C)C2)c1OC(C)C. The van der Waals surface area contributed by atoms with Crippen LogP contribution in [0.1, 0.15) is 46.1 Å². The van der Waals surface area contributed by atoms with Crippen LogP contribution in [0.15, 0.2) is 18.2 Å². The summed E-state index contributed by atoms with van der Waals surface area (Å²) in [5.74, 6) is 1.65. The standard InChI is InChI=1S/C21H36N2O3/c1-16(2)25-21-19(9-8-10-20(21)24-5)13-22-11-6-7-12-23-14-17(3)26-18(4)15-23/h8-10,16-18,22H,6-7,11-15H2,1-5H3. The lowest BCUT2D eigenvalue weighted by atomic mass is 10.1. The number of methoxy groups -OCH3 is 1. The fourth-order valence-electron chi connectivity index (χ4n) is 3.51. The highest BCUT2D eigenvalue weighted by Gasteiger charge is 2.21. The number of rotatable bonds is 10. The van der Waals surface area contributed by atoms with Crippen molar-refractivity contribution in [2.45, 2.75) is 65.4 Å². The zero-order valence-corrected chi connectivity index (χ0v) is 17.1. The molecule has 5 nitrogen and oxygen atoms in total. The number of hydrogen-bond acceptors (Lipinski definition) is 5. The molecule has 2 rings (SSSR count). The first-order chi connectivity index (χ1) is 12.5. The van der Waals surface area contributed by atoms with E-state index in [4.69, 9.17) is 14.2 Å². The van der Waals surface area contributed by atoms with Crippen LogP contribution in [0.5, 0.6) is 11.5 Å². The molecular weight excluding hydrogens is 328 g/mol. The summed E-state index contributed by atoms with van der Waals surface area (Å²) >= 11 is 0. The molecular formula is C21H36N2O3. The van der Waals surface area contributed by atoms with Gasteiger partial charge in [-0.1, -0.05) is 12.1 Å². The number of nitrogens with zero attached hydrogens (tertiary/aromatic N) is 1. The number of ether oxygens (including phenoxy) is 3. The molecule has 1 fully saturated rings. The average molecular weight is 365 g/mol. The highest BCUT2D eigenvalue weighted by Crippen LogP contribution is 2.31. The predicted molar refractivity (Wildman–Crippen MR) is 106 cm³/mol. The largest absolute Gasteiger partial charge is 0.493 e. The molecule has 26 heavy (non-hydrogen) atoms. The zero-order chi connectivity index (χ0) is 18.9. The summed E-state index contributed by atoms with van der Waals surface area (Å²) in [6.07, 6.45) is 3.21. The second-order valence-corrected chi connectivity index (χ2v) is 7.52. The summed E-state index contributed by atoms with van der Waals surface area (Å²) < 4.78 is 17.2. The number of benzene rings is 1. The maximum Gasteiger partial charge on any atom is 0.166 e. The van der Waals surface area contributed by atoms with E-state index in [2.05, 4.69) is 30.1 Å². The number of unbranched alkanes of at least 4 members (excludes halogenated alkanes) is 1. The fourth-order valence-corrected chi connectivity index (χ4v) is 3.51. The molecule has 1 aromatic rings. The van der Waals surface area contributed by atoms with Crippen LogP contribution >= 0.6 is 0 Å². The van der Waals surface area contributed by atoms with Gasteiger partial charge in [0.15, 0.2) is 11.5 Å². The Morgan fingerprint density at radius 2 is 1.92 bits per heavy atom. The van der Waals surface area contributed by atoms with Crippen molar-refractivity contribution in [1.29, 1.82) is 0 Å². The molecule has 1 N–H and O–H groups in total. The first-order valence-electron chi connectivity index (χ1n) is 9.90. The van der Waals surface area contributed by atoms with Crippen LogP contribution in [0.3, 0.4) is 0 Å². The van der Waals surface area contributed by atoms with Crippen molar-refractivity contribution < 1.29 is 14.2 Å². The van der Waals surface area contributed by atoms with Gasteiger partial charge in [0.1, 0.15) is 0 Å². The van der Waals surface area contributed by atoms with Gasteiger partial charge in [-0.15, -0.1) is 0 Å². The predicted octanol–water partition coefficient (Wildman–Crippen LogP) is 3.46. The summed E-state index contributed by atoms with van der Waals surface area (Å²) in [5, 5.41) is 3.54. The minimum absolute atomic E-state index is 0.128. The Kier molecular flexibility index (Phi) is 8.69. The van der Waals surface area contributed by atoms with Crippen LogP contribution in [0.25, 0.3) is 0 Å². The smallest absolute Gasteiger partial charge is 0.166 e. The molecule has 0 aliphatic carbocycles. The van der Waals surface area contributed by atoms with Gasteiger partial charge in [0.25, 0.3) is 0 Å². The number of para-hydroxylation sites is 1. The average Bonchev–Trinajstić information content (AvgIpc) is 2.57. The highest BCUT2D eigenvalue weighted by molar-refractivity contribution is 5.46. The number of nitrogens with one attached hydrogen (secondary N) is 1. The molecule has 1 saturated heterocycles. The molecule has 0 bridgehead atoms. The maximum absolute atomic E-state index is 5.96. The van der Waals surface area contributed by atoms with Crippen LogP contribution in [0.4, 0.5) is 0 Å². The summed E-state index contributed by atoms with van der Waals surface area (Å²) in [5.41, 5.74) is 1.15. The molecule has 0 radical (unpaired) electrons. The van der Waals surface area contributed by atoms with Gasteiger partial charge < -0.3 is 19.5 Å². The lowest BCUT2D eigenvalue weighted by Crippen LogP contribution is -2.45. The minimum Gasteiger partial charge on any atom is -0.493 e. The first kappa shape index (κ1) is 21.0. The van der Waals surface area contributed by atoms with Crippen LogP contribution in [0.2, 0.25) is 0 Å². The Morgan fingerprint density at radius 1 is 1.19 bits per heavy atom. The van der Waals surface area contributed by atoms with Crippen molar-refractivity contribution in [2.24, 2.45) is 0 Å². The van der Waals surface area contributed by atoms with Crippen molar-refractivity contribution in [2.75, 3.05) is 33.3 Å². The molecule has 1 heterocycles. The monoisotopic (exact) mass is 364 g/mol. The Bertz CT molecular complexity index is 526. The summed E-state index contributed by atoms with van der Waals surface area (Å²) in [7, 11) is 1.69. The van der Waals surface area contributed by atoms with Gasteiger partial charge >= 0.3 is 0 Å². The lowest BCUT2D eigenvalue weighted by Gasteiger charge is -2.35. The zero-order valence-electron chi connectivity index (χ0n) is 17.1. The Morgan fingerprint density at radius 3 is 2.58 bits per heavy atom. The maximum atomic E-state index is 5.96. The van der Waals surface area contributed by atoms with E-state index in [9.17, 15) is 0 Å². The van der Waals surface area contributed by atoms with Gasteiger partial charge in [-0.3, -0.25) is 4.90 Å². The molecule has 2 unspecified atom stereocenters. The minimum atomic E-state index is 0.128. The number of hydrogen-bond donors (Lipinski definition) is 1. The highest BCUT2D eigenvalue weighted by atomic mass is 16.5. The van der Waals surface area contributed by atoms with E-state index in [0.717, 1.165) is 49.8 Å². The van der Waals surface area contributed by atoms with Gasteiger partial charge in [0, 0.05) is 25.2 Å². The van der Waals surface area contributed by atoms with Crippen LogP contribution in [-0.4, -0.2) is 56.5 Å². The van der Waals surface area contributed by atoms with Crippen molar-refractivity contribution in [1.82, 2.24) is 10.2 Å². The molecule has 0 spiro atoms. The fraction of sp³-hybridized carbons (Fsp3) is 0.714. The summed E-state index contributed by atoms with van der Waals surface area (Å²) in [6, 6.07) is 6.07. The third-order valence-corrected chi connectivity index (χ3v) is 4.52. The van der Waals surface area contributed by atoms with E-state index >= 15 is 0 Å². The van der Waals surface area contributed by atoms with Gasteiger partial charge in [-0.25, -0.2) is 0 Å². The molecule has 1 aliphatic rings. The summed E-state index contributed by atoms with van der Waals surface area (Å²) in [6.45, 7) is 13.5. The quantitative estimate of drug-likeness (QED) is 0.644. The normalized spacial score (nSPS) is 21.2. The molecule has 1 aliphatic heterocycles. The number of morpholine rings is 1. The second-order valence-electron chi connectivity index (χ2n) is 7.52. The molecule has 1 aromatic carbocycles. The van der Waals surface area contributed by atoms with Gasteiger partial charge in [-0.05, 0) is 59.7 Å². The third-order valence-electron chi connectivity index (χ3n) is 4.52. The van der Waals surface area contributed by atoms with E-state index < -0.39 is 0 Å². The van der Waals surface area contributed by atoms with Gasteiger partial charge in [-0.2, -0.15) is 0 Å². The van der Waals surface area contributed by atoms with Crippen molar-refractivity contribution in [3.05, 3.63) is 23.8 Å². The van der Waals surface area contributed by atoms with Crippen molar-refractivity contribution in [3.8, 4) is 11.5 Å². The molecule has 0 aromatic heterocycles. The van der Waals surface area contributed by atoms with E-state index in [0.29, 0.717) is 12.2 Å². The molecule has 0 saturated carbocycles. The van der Waals surface area contributed by atoms with E-state index in [1.807, 2.05) is 26.0 Å². The molecule has 5 heteroatoms. The van der Waals surface area contributed by atoms with Crippen LogP contribution in [-0.2, 0) is 11.3 Å². The van der Waals surface area contributed by atoms with E-state index in [-0.39, 0.29) is 6.10 Å². The summed E-state index contributed by atoms with van der Waals surface area (Å²) in [4.78, 5) is 2.52. The molecule has 0 amide bonds. The Labute approximate surface area is 159 Å². The topological polar surface area (TPSA) is 43.0 Å². The van der Waals surface area contributed by atoms with Gasteiger partial charge in [0.2, 0.25) is 0 Å². The lowest BCUT2D eigenvalue weighted by molar-refractivity contribution is -0.0681. The van der Waals surface area contributed by atoms with Crippen molar-refractivity contribution in [3.63, 3.8) is 0 Å². The van der Waals surface area contributed by atoms with Crippen molar-refractivity contribution >= 4 is 0 Å². The Balaban J connectivity index is 1.71. The van der Waals surface area contributed by atoms with Crippen LogP contribution < -0.4 is 14.8 Å². The molecule has 2 atom stereocenters. The van der Waals surface area contributed by atoms with E-state index in [1.54, 1.807) is 7.11 Å². The van der Waals surface area contributed by atoms with Gasteiger partial charge in [0.05, 0.1) is 25.4 Å². The third kappa shape index (κ3) is 6.78. The first-order valence-corrected chi connectivity index (χ1v) is 9.90.